The maximum atomic E-state index is 13.3. The first-order valence-corrected chi connectivity index (χ1v) is 5.33. The summed E-state index contributed by atoms with van der Waals surface area (Å²) < 4.78 is 13.3. The van der Waals surface area contributed by atoms with Crippen molar-refractivity contribution in [2.75, 3.05) is 5.73 Å². The average molecular weight is 259 g/mol. The Balaban J connectivity index is 2.06. The first-order valence-electron chi connectivity index (χ1n) is 5.33. The molecule has 0 aliphatic carbocycles. The lowest BCUT2D eigenvalue weighted by Gasteiger charge is -2.01. The fourth-order valence-electron chi connectivity index (χ4n) is 1.32. The van der Waals surface area contributed by atoms with Gasteiger partial charge < -0.3 is 5.73 Å². The lowest BCUT2D eigenvalue weighted by atomic mass is 10.2. The van der Waals surface area contributed by atoms with E-state index in [1.807, 2.05) is 0 Å². The standard InChI is InChI=1S/C12H10FN5O/c13-9-4-2-1-3-8(9)7-17-18-12(19)10-11(14)16-6-5-15-10/h1-7H,(H2,14,16)(H,18,19). The number of nitrogens with one attached hydrogen (secondary N) is 1. The number of nitrogens with zero attached hydrogens (tertiary/aromatic N) is 3. The van der Waals surface area contributed by atoms with E-state index in [1.54, 1.807) is 12.1 Å². The monoisotopic (exact) mass is 259 g/mol. The van der Waals surface area contributed by atoms with Gasteiger partial charge >= 0.3 is 0 Å². The predicted molar refractivity (Wildman–Crippen MR) is 67.9 cm³/mol. The highest BCUT2D eigenvalue weighted by atomic mass is 19.1. The van der Waals surface area contributed by atoms with Crippen molar-refractivity contribution in [1.82, 2.24) is 15.4 Å². The average Bonchev–Trinajstić information content (AvgIpc) is 2.41. The SMILES string of the molecule is Nc1nccnc1C(=O)NN=Cc1ccccc1F. The Bertz CT molecular complexity index is 629. The van der Waals surface area contributed by atoms with Crippen molar-refractivity contribution in [2.45, 2.75) is 0 Å². The fourth-order valence-corrected chi connectivity index (χ4v) is 1.32. The topological polar surface area (TPSA) is 93.3 Å². The molecule has 0 saturated carbocycles. The summed E-state index contributed by atoms with van der Waals surface area (Å²) >= 11 is 0. The number of hydrogen-bond acceptors (Lipinski definition) is 5. The van der Waals surface area contributed by atoms with Gasteiger partial charge in [-0.05, 0) is 6.07 Å². The molecule has 1 amide bonds. The number of carbonyl (C=O) groups is 1. The molecule has 0 aliphatic heterocycles. The van der Waals surface area contributed by atoms with Crippen LogP contribution in [0.4, 0.5) is 10.2 Å². The van der Waals surface area contributed by atoms with E-state index in [4.69, 9.17) is 5.73 Å². The minimum absolute atomic E-state index is 0.00101. The summed E-state index contributed by atoms with van der Waals surface area (Å²) in [5.74, 6) is -1.04. The van der Waals surface area contributed by atoms with E-state index in [0.717, 1.165) is 0 Å². The first kappa shape index (κ1) is 12.6. The van der Waals surface area contributed by atoms with Crippen LogP contribution in [0.5, 0.6) is 0 Å². The summed E-state index contributed by atoms with van der Waals surface area (Å²) in [5.41, 5.74) is 7.90. The van der Waals surface area contributed by atoms with Gasteiger partial charge in [0.05, 0.1) is 6.21 Å². The molecule has 7 heteroatoms. The molecular weight excluding hydrogens is 249 g/mol. The van der Waals surface area contributed by atoms with Crippen molar-refractivity contribution in [3.05, 3.63) is 53.7 Å². The number of carbonyl (C=O) groups excluding carboxylic acids is 1. The molecule has 0 saturated heterocycles. The zero-order valence-electron chi connectivity index (χ0n) is 9.75. The molecule has 96 valence electrons. The van der Waals surface area contributed by atoms with Crippen LogP contribution >= 0.6 is 0 Å². The van der Waals surface area contributed by atoms with Gasteiger partial charge in [-0.15, -0.1) is 0 Å². The molecule has 0 unspecified atom stereocenters. The quantitative estimate of drug-likeness (QED) is 0.634. The molecule has 0 radical (unpaired) electrons. The van der Waals surface area contributed by atoms with Crippen LogP contribution in [0.3, 0.4) is 0 Å². The number of amides is 1. The molecule has 0 fully saturated rings. The smallest absolute Gasteiger partial charge is 0.293 e. The number of hydrazone groups is 1. The van der Waals surface area contributed by atoms with Gasteiger partial charge in [-0.3, -0.25) is 4.79 Å². The Morgan fingerprint density at radius 3 is 2.79 bits per heavy atom. The van der Waals surface area contributed by atoms with E-state index >= 15 is 0 Å². The van der Waals surface area contributed by atoms with Crippen molar-refractivity contribution in [3.63, 3.8) is 0 Å². The minimum Gasteiger partial charge on any atom is -0.382 e. The molecule has 0 atom stereocenters. The third-order valence-electron chi connectivity index (χ3n) is 2.22. The van der Waals surface area contributed by atoms with Crippen LogP contribution in [0.25, 0.3) is 0 Å². The van der Waals surface area contributed by atoms with Crippen molar-refractivity contribution in [3.8, 4) is 0 Å². The number of benzene rings is 1. The second-order valence-corrected chi connectivity index (χ2v) is 3.51. The van der Waals surface area contributed by atoms with Gasteiger partial charge in [-0.25, -0.2) is 19.8 Å². The number of aromatic nitrogens is 2. The zero-order valence-corrected chi connectivity index (χ0v) is 9.75. The summed E-state index contributed by atoms with van der Waals surface area (Å²) in [5, 5.41) is 3.63. The van der Waals surface area contributed by atoms with Crippen LogP contribution in [0.2, 0.25) is 0 Å². The molecule has 0 bridgehead atoms. The van der Waals surface area contributed by atoms with E-state index in [0.29, 0.717) is 0 Å². The molecular formula is C12H10FN5O. The van der Waals surface area contributed by atoms with E-state index in [9.17, 15) is 9.18 Å². The predicted octanol–water partition coefficient (Wildman–Crippen LogP) is 0.962. The Morgan fingerprint density at radius 2 is 2.05 bits per heavy atom. The van der Waals surface area contributed by atoms with Gasteiger partial charge in [0.2, 0.25) is 0 Å². The van der Waals surface area contributed by atoms with E-state index < -0.39 is 11.7 Å². The fraction of sp³-hybridized carbons (Fsp3) is 0. The summed E-state index contributed by atoms with van der Waals surface area (Å²) in [6.45, 7) is 0. The summed E-state index contributed by atoms with van der Waals surface area (Å²) in [7, 11) is 0. The second kappa shape index (κ2) is 5.67. The number of nitrogens with two attached hydrogens (primary N) is 1. The van der Waals surface area contributed by atoms with Gasteiger partial charge in [0, 0.05) is 18.0 Å². The number of anilines is 1. The molecule has 1 aromatic heterocycles. The molecule has 0 aliphatic rings. The summed E-state index contributed by atoms with van der Waals surface area (Å²) in [6, 6.07) is 6.05. The Morgan fingerprint density at radius 1 is 1.32 bits per heavy atom. The molecule has 1 aromatic carbocycles. The lowest BCUT2D eigenvalue weighted by Crippen LogP contribution is -2.21. The maximum absolute atomic E-state index is 13.3. The van der Waals surface area contributed by atoms with E-state index in [-0.39, 0.29) is 17.1 Å². The van der Waals surface area contributed by atoms with Crippen molar-refractivity contribution >= 4 is 17.9 Å². The van der Waals surface area contributed by atoms with Crippen LogP contribution < -0.4 is 11.2 Å². The van der Waals surface area contributed by atoms with Crippen LogP contribution in [0, 0.1) is 5.82 Å². The van der Waals surface area contributed by atoms with Crippen LogP contribution in [0.15, 0.2) is 41.8 Å². The molecule has 2 rings (SSSR count). The number of nitrogen functional groups attached to an aromatic ring is 1. The van der Waals surface area contributed by atoms with Crippen molar-refractivity contribution in [1.29, 1.82) is 0 Å². The molecule has 2 aromatic rings. The lowest BCUT2D eigenvalue weighted by molar-refractivity contribution is 0.0951. The Kier molecular flexibility index (Phi) is 3.77. The largest absolute Gasteiger partial charge is 0.382 e. The molecule has 6 nitrogen and oxygen atoms in total. The van der Waals surface area contributed by atoms with Crippen molar-refractivity contribution in [2.24, 2.45) is 5.10 Å². The Hall–Kier alpha value is -2.83. The third kappa shape index (κ3) is 3.09. The Labute approximate surface area is 108 Å². The van der Waals surface area contributed by atoms with Crippen LogP contribution in [-0.2, 0) is 0 Å². The highest BCUT2D eigenvalue weighted by Crippen LogP contribution is 2.04. The van der Waals surface area contributed by atoms with Gasteiger partial charge in [0.15, 0.2) is 11.5 Å². The number of rotatable bonds is 3. The normalized spacial score (nSPS) is 10.6. The van der Waals surface area contributed by atoms with Crippen LogP contribution in [0.1, 0.15) is 16.1 Å². The second-order valence-electron chi connectivity index (χ2n) is 3.51. The van der Waals surface area contributed by atoms with Crippen molar-refractivity contribution < 1.29 is 9.18 Å². The number of hydrogen-bond donors (Lipinski definition) is 2. The summed E-state index contributed by atoms with van der Waals surface area (Å²) in [4.78, 5) is 19.1. The highest BCUT2D eigenvalue weighted by molar-refractivity contribution is 5.96. The van der Waals surface area contributed by atoms with Gasteiger partial charge in [0.25, 0.3) is 5.91 Å². The zero-order chi connectivity index (χ0) is 13.7. The third-order valence-corrected chi connectivity index (χ3v) is 2.22. The first-order chi connectivity index (χ1) is 9.18. The van der Waals surface area contributed by atoms with Gasteiger partial charge in [-0.2, -0.15) is 5.10 Å². The minimum atomic E-state index is -0.613. The van der Waals surface area contributed by atoms with E-state index in [1.165, 1.54) is 30.7 Å². The molecule has 0 spiro atoms. The highest BCUT2D eigenvalue weighted by Gasteiger charge is 2.10. The van der Waals surface area contributed by atoms with Crippen LogP contribution in [-0.4, -0.2) is 22.1 Å². The van der Waals surface area contributed by atoms with Gasteiger partial charge in [0.1, 0.15) is 5.82 Å². The van der Waals surface area contributed by atoms with Gasteiger partial charge in [-0.1, -0.05) is 18.2 Å². The van der Waals surface area contributed by atoms with E-state index in [2.05, 4.69) is 20.5 Å². The molecule has 19 heavy (non-hydrogen) atoms. The molecule has 3 N–H and O–H groups in total. The maximum Gasteiger partial charge on any atom is 0.293 e. The molecule has 1 heterocycles. The summed E-state index contributed by atoms with van der Waals surface area (Å²) in [6.07, 6.45) is 3.90. The number of halogens is 1.